The van der Waals surface area contributed by atoms with Crippen molar-refractivity contribution in [3.63, 3.8) is 0 Å². The number of aromatic nitrogens is 2. The highest BCUT2D eigenvalue weighted by atomic mass is 35.5. The average Bonchev–Trinajstić information content (AvgIpc) is 3.21. The van der Waals surface area contributed by atoms with Crippen LogP contribution in [0.5, 0.6) is 0 Å². The number of nitrogens with zero attached hydrogens (tertiary/aromatic N) is 4. The van der Waals surface area contributed by atoms with Gasteiger partial charge in [0, 0.05) is 72.1 Å². The number of rotatable bonds is 5. The third kappa shape index (κ3) is 5.31. The van der Waals surface area contributed by atoms with Crippen molar-refractivity contribution in [3.05, 3.63) is 18.0 Å². The standard InChI is InChI=1S/C16H27N5O2.2ClH/c1-19-12-13(9-18-19)14-10-17-11-15(14)16(22)21-5-3-20(4-6-21)7-8-23-2;;/h9,12,14-15,17H,3-8,10-11H2,1-2H3;2*1H/t14-,15+;;/m1../s1. The smallest absolute Gasteiger partial charge is 0.227 e. The van der Waals surface area contributed by atoms with Crippen molar-refractivity contribution in [2.45, 2.75) is 5.92 Å². The molecule has 0 bridgehead atoms. The van der Waals surface area contributed by atoms with Crippen molar-refractivity contribution >= 4 is 30.7 Å². The largest absolute Gasteiger partial charge is 0.383 e. The van der Waals surface area contributed by atoms with Crippen LogP contribution in [-0.4, -0.2) is 85.0 Å². The summed E-state index contributed by atoms with van der Waals surface area (Å²) in [6, 6.07) is 0. The van der Waals surface area contributed by atoms with Crippen LogP contribution in [0.25, 0.3) is 0 Å². The molecule has 0 aliphatic carbocycles. The highest BCUT2D eigenvalue weighted by molar-refractivity contribution is 5.85. The molecule has 0 unspecified atom stereocenters. The molecule has 0 radical (unpaired) electrons. The first-order chi connectivity index (χ1) is 11.2. The predicted molar refractivity (Wildman–Crippen MR) is 102 cm³/mol. The summed E-state index contributed by atoms with van der Waals surface area (Å²) in [6.45, 7) is 6.83. The highest BCUT2D eigenvalue weighted by Crippen LogP contribution is 2.29. The van der Waals surface area contributed by atoms with Crippen molar-refractivity contribution in [3.8, 4) is 0 Å². The van der Waals surface area contributed by atoms with Gasteiger partial charge in [-0.15, -0.1) is 24.8 Å². The van der Waals surface area contributed by atoms with Gasteiger partial charge in [-0.1, -0.05) is 0 Å². The van der Waals surface area contributed by atoms with E-state index in [0.29, 0.717) is 0 Å². The molecule has 7 nitrogen and oxygen atoms in total. The lowest BCUT2D eigenvalue weighted by Crippen LogP contribution is -2.51. The minimum Gasteiger partial charge on any atom is -0.383 e. The fraction of sp³-hybridized carbons (Fsp3) is 0.750. The summed E-state index contributed by atoms with van der Waals surface area (Å²) >= 11 is 0. The maximum atomic E-state index is 12.9. The molecule has 3 heterocycles. The number of methoxy groups -OCH3 is 1. The summed E-state index contributed by atoms with van der Waals surface area (Å²) in [6.07, 6.45) is 3.92. The molecule has 3 rings (SSSR count). The second-order valence-electron chi connectivity index (χ2n) is 6.48. The number of halogens is 2. The first-order valence-corrected chi connectivity index (χ1v) is 8.38. The average molecular weight is 394 g/mol. The van der Waals surface area contributed by atoms with E-state index in [-0.39, 0.29) is 42.6 Å². The SMILES string of the molecule is COCCN1CCN(C(=O)[C@H]2CNC[C@@H]2c2cnn(C)c2)CC1.Cl.Cl. The van der Waals surface area contributed by atoms with Crippen molar-refractivity contribution < 1.29 is 9.53 Å². The molecular weight excluding hydrogens is 365 g/mol. The van der Waals surface area contributed by atoms with E-state index in [1.807, 2.05) is 29.0 Å². The maximum Gasteiger partial charge on any atom is 0.227 e. The molecule has 2 atom stereocenters. The molecule has 2 saturated heterocycles. The number of amides is 1. The molecule has 1 N–H and O–H groups in total. The van der Waals surface area contributed by atoms with Crippen LogP contribution in [0.3, 0.4) is 0 Å². The number of aryl methyl sites for hydroxylation is 1. The molecule has 9 heteroatoms. The lowest BCUT2D eigenvalue weighted by Gasteiger charge is -2.36. The minimum absolute atomic E-state index is 0. The highest BCUT2D eigenvalue weighted by Gasteiger charge is 2.37. The van der Waals surface area contributed by atoms with Crippen LogP contribution in [0.2, 0.25) is 0 Å². The number of ether oxygens (including phenoxy) is 1. The third-order valence-corrected chi connectivity index (χ3v) is 4.98. The molecule has 2 fully saturated rings. The van der Waals surface area contributed by atoms with E-state index in [0.717, 1.165) is 58.0 Å². The van der Waals surface area contributed by atoms with Gasteiger partial charge in [0.1, 0.15) is 0 Å². The van der Waals surface area contributed by atoms with Crippen molar-refractivity contribution in [1.29, 1.82) is 0 Å². The second-order valence-corrected chi connectivity index (χ2v) is 6.48. The van der Waals surface area contributed by atoms with Crippen LogP contribution in [-0.2, 0) is 16.6 Å². The van der Waals surface area contributed by atoms with E-state index in [2.05, 4.69) is 15.3 Å². The molecule has 0 saturated carbocycles. The van der Waals surface area contributed by atoms with Crippen molar-refractivity contribution in [1.82, 2.24) is 24.9 Å². The molecule has 1 aromatic heterocycles. The number of piperazine rings is 1. The summed E-state index contributed by atoms with van der Waals surface area (Å²) in [4.78, 5) is 17.3. The zero-order chi connectivity index (χ0) is 16.2. The quantitative estimate of drug-likeness (QED) is 0.782. The van der Waals surface area contributed by atoms with Gasteiger partial charge in [-0.2, -0.15) is 5.10 Å². The number of hydrogen-bond acceptors (Lipinski definition) is 5. The van der Waals surface area contributed by atoms with Gasteiger partial charge in [-0.25, -0.2) is 0 Å². The van der Waals surface area contributed by atoms with Gasteiger partial charge in [-0.3, -0.25) is 14.4 Å². The zero-order valence-electron chi connectivity index (χ0n) is 14.9. The second kappa shape index (κ2) is 10.3. The van der Waals surface area contributed by atoms with E-state index in [4.69, 9.17) is 4.74 Å². The molecule has 25 heavy (non-hydrogen) atoms. The van der Waals surface area contributed by atoms with E-state index < -0.39 is 0 Å². The lowest BCUT2D eigenvalue weighted by atomic mass is 9.89. The topological polar surface area (TPSA) is 62.6 Å². The fourth-order valence-corrected chi connectivity index (χ4v) is 3.57. The molecular formula is C16H29Cl2N5O2. The van der Waals surface area contributed by atoms with Crippen LogP contribution in [0, 0.1) is 5.92 Å². The van der Waals surface area contributed by atoms with Gasteiger partial charge in [0.2, 0.25) is 5.91 Å². The van der Waals surface area contributed by atoms with E-state index in [1.54, 1.807) is 7.11 Å². The van der Waals surface area contributed by atoms with E-state index in [1.165, 1.54) is 0 Å². The first kappa shape index (κ1) is 22.2. The Balaban J connectivity index is 0.00000156. The van der Waals surface area contributed by atoms with Crippen LogP contribution in [0.15, 0.2) is 12.4 Å². The fourth-order valence-electron chi connectivity index (χ4n) is 3.57. The summed E-state index contributed by atoms with van der Waals surface area (Å²) in [5.41, 5.74) is 1.16. The molecule has 1 amide bonds. The third-order valence-electron chi connectivity index (χ3n) is 4.98. The number of nitrogens with one attached hydrogen (secondary N) is 1. The van der Waals surface area contributed by atoms with Gasteiger partial charge in [0.15, 0.2) is 0 Å². The molecule has 0 aromatic carbocycles. The Morgan fingerprint density at radius 3 is 2.60 bits per heavy atom. The molecule has 0 spiro atoms. The predicted octanol–water partition coefficient (Wildman–Crippen LogP) is 0.357. The Hall–Kier alpha value is -0.860. The summed E-state index contributed by atoms with van der Waals surface area (Å²) in [5, 5.41) is 7.63. The van der Waals surface area contributed by atoms with E-state index >= 15 is 0 Å². The van der Waals surface area contributed by atoms with Gasteiger partial charge >= 0.3 is 0 Å². The molecule has 2 aliphatic rings. The minimum atomic E-state index is 0. The Bertz CT molecular complexity index is 534. The van der Waals surface area contributed by atoms with E-state index in [9.17, 15) is 4.79 Å². The van der Waals surface area contributed by atoms with Gasteiger partial charge in [0.05, 0.1) is 18.7 Å². The monoisotopic (exact) mass is 393 g/mol. The zero-order valence-corrected chi connectivity index (χ0v) is 16.5. The Morgan fingerprint density at radius 2 is 2.00 bits per heavy atom. The van der Waals surface area contributed by atoms with Crippen LogP contribution >= 0.6 is 24.8 Å². The van der Waals surface area contributed by atoms with Crippen LogP contribution in [0.4, 0.5) is 0 Å². The Kier molecular flexibility index (Phi) is 9.16. The van der Waals surface area contributed by atoms with Gasteiger partial charge in [-0.05, 0) is 5.56 Å². The van der Waals surface area contributed by atoms with Gasteiger partial charge < -0.3 is 15.0 Å². The van der Waals surface area contributed by atoms with Crippen molar-refractivity contribution in [2.75, 3.05) is 59.5 Å². The maximum absolute atomic E-state index is 12.9. The summed E-state index contributed by atoms with van der Waals surface area (Å²) in [5.74, 6) is 0.558. The Labute approximate surface area is 161 Å². The summed E-state index contributed by atoms with van der Waals surface area (Å²) < 4.78 is 6.94. The molecule has 2 aliphatic heterocycles. The normalized spacial score (nSPS) is 23.8. The Morgan fingerprint density at radius 1 is 1.28 bits per heavy atom. The molecule has 1 aromatic rings. The lowest BCUT2D eigenvalue weighted by molar-refractivity contribution is -0.137. The first-order valence-electron chi connectivity index (χ1n) is 8.38. The van der Waals surface area contributed by atoms with Crippen LogP contribution < -0.4 is 5.32 Å². The summed E-state index contributed by atoms with van der Waals surface area (Å²) in [7, 11) is 3.65. The number of hydrogen-bond donors (Lipinski definition) is 1. The number of carbonyl (C=O) groups is 1. The number of carbonyl (C=O) groups excluding carboxylic acids is 1. The van der Waals surface area contributed by atoms with Crippen molar-refractivity contribution in [2.24, 2.45) is 13.0 Å². The molecule has 144 valence electrons. The van der Waals surface area contributed by atoms with Gasteiger partial charge in [0.25, 0.3) is 0 Å². The van der Waals surface area contributed by atoms with Crippen LogP contribution in [0.1, 0.15) is 11.5 Å².